The van der Waals surface area contributed by atoms with Gasteiger partial charge < -0.3 is 20.3 Å². The maximum Gasteiger partial charge on any atom is 0.240 e. The fourth-order valence-electron chi connectivity index (χ4n) is 2.46. The Hall–Kier alpha value is -3.35. The summed E-state index contributed by atoms with van der Waals surface area (Å²) in [5, 5.41) is 5.46. The molecule has 0 aliphatic heterocycles. The molecule has 142 valence electrons. The number of ether oxygens (including phenoxy) is 1. The summed E-state index contributed by atoms with van der Waals surface area (Å²) in [6.45, 7) is 3.09. The molecule has 0 atom stereocenters. The first kappa shape index (κ1) is 20.0. The van der Waals surface area contributed by atoms with Gasteiger partial charge in [0, 0.05) is 31.8 Å². The second-order valence-electron chi connectivity index (χ2n) is 5.96. The number of hydrogen-bond acceptors (Lipinski definition) is 4. The third-order valence-electron chi connectivity index (χ3n) is 3.83. The van der Waals surface area contributed by atoms with Gasteiger partial charge in [0.05, 0.1) is 7.11 Å². The molecule has 27 heavy (non-hydrogen) atoms. The number of hydrogen-bond donors (Lipinski definition) is 2. The molecule has 0 bridgehead atoms. The summed E-state index contributed by atoms with van der Waals surface area (Å²) < 4.78 is 5.10. The van der Waals surface area contributed by atoms with E-state index in [1.807, 2.05) is 24.3 Å². The number of nitrogens with one attached hydrogen (secondary N) is 2. The van der Waals surface area contributed by atoms with E-state index in [9.17, 15) is 14.4 Å². The van der Waals surface area contributed by atoms with Crippen molar-refractivity contribution < 1.29 is 19.1 Å². The Kier molecular flexibility index (Phi) is 6.93. The van der Waals surface area contributed by atoms with E-state index >= 15 is 0 Å². The maximum atomic E-state index is 12.3. The average Bonchev–Trinajstić information content (AvgIpc) is 2.65. The smallest absolute Gasteiger partial charge is 0.240 e. The fourth-order valence-corrected chi connectivity index (χ4v) is 2.46. The Morgan fingerprint density at radius 2 is 1.59 bits per heavy atom. The molecule has 0 saturated heterocycles. The van der Waals surface area contributed by atoms with Crippen LogP contribution >= 0.6 is 0 Å². The van der Waals surface area contributed by atoms with Gasteiger partial charge in [-0.25, -0.2) is 0 Å². The summed E-state index contributed by atoms with van der Waals surface area (Å²) in [5.41, 5.74) is 2.13. The van der Waals surface area contributed by atoms with Crippen LogP contribution in [0.1, 0.15) is 19.4 Å². The van der Waals surface area contributed by atoms with Crippen molar-refractivity contribution >= 4 is 29.1 Å². The van der Waals surface area contributed by atoms with Gasteiger partial charge in [0.25, 0.3) is 0 Å². The van der Waals surface area contributed by atoms with Gasteiger partial charge in [-0.1, -0.05) is 12.1 Å². The first-order valence-corrected chi connectivity index (χ1v) is 8.44. The van der Waals surface area contributed by atoms with Crippen LogP contribution < -0.4 is 20.3 Å². The highest BCUT2D eigenvalue weighted by molar-refractivity contribution is 5.97. The fraction of sp³-hybridized carbons (Fsp3) is 0.250. The van der Waals surface area contributed by atoms with Crippen molar-refractivity contribution in [2.45, 2.75) is 20.4 Å². The van der Waals surface area contributed by atoms with Crippen molar-refractivity contribution in [3.05, 3.63) is 54.1 Å². The predicted molar refractivity (Wildman–Crippen MR) is 104 cm³/mol. The first-order chi connectivity index (χ1) is 12.9. The molecule has 0 fully saturated rings. The monoisotopic (exact) mass is 369 g/mol. The van der Waals surface area contributed by atoms with E-state index in [2.05, 4.69) is 10.6 Å². The van der Waals surface area contributed by atoms with Gasteiger partial charge in [0.2, 0.25) is 17.7 Å². The van der Waals surface area contributed by atoms with Crippen LogP contribution in [0.15, 0.2) is 48.5 Å². The molecule has 3 amide bonds. The highest BCUT2D eigenvalue weighted by Gasteiger charge is 2.15. The van der Waals surface area contributed by atoms with Crippen molar-refractivity contribution in [1.82, 2.24) is 5.32 Å². The van der Waals surface area contributed by atoms with E-state index in [-0.39, 0.29) is 24.3 Å². The number of amides is 3. The average molecular weight is 369 g/mol. The van der Waals surface area contributed by atoms with Crippen molar-refractivity contribution in [1.29, 1.82) is 0 Å². The minimum absolute atomic E-state index is 0.0923. The number of benzene rings is 2. The quantitative estimate of drug-likeness (QED) is 0.784. The van der Waals surface area contributed by atoms with Crippen LogP contribution in [0.4, 0.5) is 11.4 Å². The number of methoxy groups -OCH3 is 1. The number of anilines is 2. The van der Waals surface area contributed by atoms with Crippen LogP contribution in [-0.2, 0) is 20.9 Å². The molecule has 0 saturated carbocycles. The van der Waals surface area contributed by atoms with Gasteiger partial charge in [-0.05, 0) is 42.0 Å². The maximum absolute atomic E-state index is 12.3. The summed E-state index contributed by atoms with van der Waals surface area (Å²) in [5.74, 6) is 0.0495. The predicted octanol–water partition coefficient (Wildman–Crippen LogP) is 2.32. The van der Waals surface area contributed by atoms with Crippen molar-refractivity contribution in [3.63, 3.8) is 0 Å². The summed E-state index contributed by atoms with van der Waals surface area (Å²) in [4.78, 5) is 36.7. The molecule has 2 aromatic carbocycles. The van der Waals surface area contributed by atoms with Crippen LogP contribution in [0.25, 0.3) is 0 Å². The highest BCUT2D eigenvalue weighted by atomic mass is 16.5. The largest absolute Gasteiger partial charge is 0.497 e. The minimum Gasteiger partial charge on any atom is -0.497 e. The molecule has 0 spiro atoms. The number of rotatable bonds is 7. The van der Waals surface area contributed by atoms with Gasteiger partial charge >= 0.3 is 0 Å². The van der Waals surface area contributed by atoms with E-state index in [1.54, 1.807) is 31.4 Å². The lowest BCUT2D eigenvalue weighted by Gasteiger charge is -2.21. The van der Waals surface area contributed by atoms with Gasteiger partial charge in [0.1, 0.15) is 12.3 Å². The summed E-state index contributed by atoms with van der Waals surface area (Å²) >= 11 is 0. The Morgan fingerprint density at radius 3 is 2.11 bits per heavy atom. The molecule has 2 rings (SSSR count). The van der Waals surface area contributed by atoms with Crippen molar-refractivity contribution in [2.75, 3.05) is 23.9 Å². The molecular weight excluding hydrogens is 346 g/mol. The lowest BCUT2D eigenvalue weighted by molar-refractivity contribution is -0.123. The van der Waals surface area contributed by atoms with Gasteiger partial charge in [-0.2, -0.15) is 0 Å². The van der Waals surface area contributed by atoms with Gasteiger partial charge in [-0.3, -0.25) is 14.4 Å². The standard InChI is InChI=1S/C20H23N3O4/c1-14(24)22-17-6-8-18(9-7-17)23(15(2)25)13-20(26)21-12-16-4-10-19(27-3)11-5-16/h4-11H,12-13H2,1-3H3,(H,21,26)(H,22,24). The van der Waals surface area contributed by atoms with E-state index in [0.29, 0.717) is 17.9 Å². The Labute approximate surface area is 158 Å². The molecule has 7 nitrogen and oxygen atoms in total. The van der Waals surface area contributed by atoms with Crippen LogP contribution in [0.5, 0.6) is 5.75 Å². The normalized spacial score (nSPS) is 10.0. The molecule has 0 aliphatic carbocycles. The van der Waals surface area contributed by atoms with E-state index < -0.39 is 0 Å². The molecule has 2 N–H and O–H groups in total. The topological polar surface area (TPSA) is 87.7 Å². The molecule has 0 aromatic heterocycles. The van der Waals surface area contributed by atoms with Crippen LogP contribution in [-0.4, -0.2) is 31.4 Å². The molecule has 0 aliphatic rings. The number of carbonyl (C=O) groups is 3. The molecule has 2 aromatic rings. The molecule has 0 heterocycles. The van der Waals surface area contributed by atoms with Crippen LogP contribution in [0, 0.1) is 0 Å². The molecular formula is C20H23N3O4. The van der Waals surface area contributed by atoms with Crippen molar-refractivity contribution in [3.8, 4) is 5.75 Å². The van der Waals surface area contributed by atoms with Gasteiger partial charge in [0.15, 0.2) is 0 Å². The second kappa shape index (κ2) is 9.38. The summed E-state index contributed by atoms with van der Waals surface area (Å²) in [6.07, 6.45) is 0. The molecule has 7 heteroatoms. The van der Waals surface area contributed by atoms with Crippen molar-refractivity contribution in [2.24, 2.45) is 0 Å². The summed E-state index contributed by atoms with van der Waals surface area (Å²) in [7, 11) is 1.59. The van der Waals surface area contributed by atoms with Crippen LogP contribution in [0.2, 0.25) is 0 Å². The molecule has 0 radical (unpaired) electrons. The third kappa shape index (κ3) is 6.14. The highest BCUT2D eigenvalue weighted by Crippen LogP contribution is 2.18. The SMILES string of the molecule is COc1ccc(CNC(=O)CN(C(C)=O)c2ccc(NC(C)=O)cc2)cc1. The number of nitrogens with zero attached hydrogens (tertiary/aromatic N) is 1. The van der Waals surface area contributed by atoms with Gasteiger partial charge in [-0.15, -0.1) is 0 Å². The Bertz CT molecular complexity index is 801. The first-order valence-electron chi connectivity index (χ1n) is 8.44. The van der Waals surface area contributed by atoms with E-state index in [0.717, 1.165) is 11.3 Å². The molecule has 0 unspecified atom stereocenters. The van der Waals surface area contributed by atoms with E-state index in [1.165, 1.54) is 18.7 Å². The number of carbonyl (C=O) groups excluding carboxylic acids is 3. The zero-order valence-corrected chi connectivity index (χ0v) is 15.6. The Morgan fingerprint density at radius 1 is 0.963 bits per heavy atom. The lowest BCUT2D eigenvalue weighted by atomic mass is 10.2. The third-order valence-corrected chi connectivity index (χ3v) is 3.83. The zero-order valence-electron chi connectivity index (χ0n) is 15.6. The minimum atomic E-state index is -0.271. The Balaban J connectivity index is 1.96. The van der Waals surface area contributed by atoms with E-state index in [4.69, 9.17) is 4.74 Å². The second-order valence-corrected chi connectivity index (χ2v) is 5.96. The lowest BCUT2D eigenvalue weighted by Crippen LogP contribution is -2.39. The zero-order chi connectivity index (χ0) is 19.8. The summed E-state index contributed by atoms with van der Waals surface area (Å²) in [6, 6.07) is 14.1. The van der Waals surface area contributed by atoms with Crippen LogP contribution in [0.3, 0.4) is 0 Å².